The van der Waals surface area contributed by atoms with Crippen LogP contribution in [-0.2, 0) is 86.0 Å². The standard InChI is InChI=1S/C28H37N5O5.C22H27N5O4.C15H15N3O5.C12H22N2O2.ClH/c1-18-30(5)24-19(7-6-8-20(24)33(18)21-9-10-22(34)29-25(21)36)15-23(35)32-16-28(17-32)11-13-31(14-12-28)26(37)38-27(2,3)4;1-25-19-14(11-18(29)26-12-22(13-26)7-9-23-10-8-22)3-2-4-15(19)27(21(25)31)16-5-6-17(28)24-20(16)30;1-17-13-8(7-12(20)21)3-2-4-9(13)18(15(17)23)10-5-6-11(19)16-14(10)22;1-11(2,3)16-10(15)14-6-4-12(5-7-14)8-13-9-12;/h6-8,21H,1,9-17H2,2-5H3,(H,29,34,36);2-4,16,23H,5-13H2,1H3,(H,24,28,30);2-4,10H,5-7H2,1H3,(H,20,21)(H,16,19,22);13H,4-9H2,1-3H3;1H. The van der Waals surface area contributed by atoms with Crippen LogP contribution in [-0.4, -0.2) is 211 Å². The second-order valence-electron chi connectivity index (χ2n) is 32.7. The number of rotatable bonds is 9. The third-order valence-electron chi connectivity index (χ3n) is 22.7. The summed E-state index contributed by atoms with van der Waals surface area (Å²) >= 11 is 0. The number of aromatic nitrogens is 4. The molecule has 10 amide bonds. The van der Waals surface area contributed by atoms with Crippen LogP contribution in [0.2, 0.25) is 0 Å². The molecule has 3 aromatic carbocycles. The third kappa shape index (κ3) is 17.0. The predicted octanol–water partition coefficient (Wildman–Crippen LogP) is 4.67. The lowest BCUT2D eigenvalue weighted by Gasteiger charge is -2.54. The Hall–Kier alpha value is -9.88. The van der Waals surface area contributed by atoms with E-state index in [9.17, 15) is 62.3 Å². The number of hydrogen-bond donors (Lipinski definition) is 6. The summed E-state index contributed by atoms with van der Waals surface area (Å²) in [4.78, 5) is 170. The van der Waals surface area contributed by atoms with E-state index in [1.54, 1.807) is 43.3 Å². The number of amides is 10. The van der Waals surface area contributed by atoms with Crippen LogP contribution in [0, 0.1) is 16.2 Å². The van der Waals surface area contributed by atoms with Gasteiger partial charge in [0, 0.05) is 117 Å². The molecule has 10 aliphatic heterocycles. The smallest absolute Gasteiger partial charge is 0.410 e. The summed E-state index contributed by atoms with van der Waals surface area (Å²) in [6.07, 6.45) is 7.58. The Morgan fingerprint density at radius 3 is 1.29 bits per heavy atom. The monoisotopic (exact) mass is 1530 g/mol. The minimum atomic E-state index is -1.00. The largest absolute Gasteiger partial charge is 0.481 e. The van der Waals surface area contributed by atoms with Gasteiger partial charge in [0.1, 0.15) is 35.1 Å². The second kappa shape index (κ2) is 31.6. The summed E-state index contributed by atoms with van der Waals surface area (Å²) in [5, 5.41) is 22.7. The number of benzene rings is 3. The van der Waals surface area contributed by atoms with Crippen LogP contribution in [0.25, 0.3) is 22.1 Å². The van der Waals surface area contributed by atoms with Gasteiger partial charge in [-0.1, -0.05) is 43.0 Å². The van der Waals surface area contributed by atoms with Gasteiger partial charge >= 0.3 is 29.5 Å². The van der Waals surface area contributed by atoms with Crippen molar-refractivity contribution in [3.63, 3.8) is 0 Å². The molecule has 2 aromatic heterocycles. The van der Waals surface area contributed by atoms with Crippen LogP contribution in [0.1, 0.15) is 147 Å². The van der Waals surface area contributed by atoms with E-state index in [4.69, 9.17) is 14.6 Å². The van der Waals surface area contributed by atoms with E-state index in [-0.39, 0.29) is 134 Å². The zero-order chi connectivity index (χ0) is 77.7. The van der Waals surface area contributed by atoms with E-state index < -0.39 is 47.2 Å². The molecule has 10 aliphatic rings. The number of fused-ring (bicyclic) bond motifs is 3. The van der Waals surface area contributed by atoms with Gasteiger partial charge in [-0.15, -0.1) is 12.4 Å². The Morgan fingerprint density at radius 2 is 0.890 bits per heavy atom. The molecule has 9 fully saturated rings. The molecule has 588 valence electrons. The van der Waals surface area contributed by atoms with Crippen molar-refractivity contribution in [1.82, 2.24) is 64.5 Å². The average Bonchev–Trinajstić information content (AvgIpc) is 1.66. The lowest BCUT2D eigenvalue weighted by Crippen LogP contribution is -2.62. The summed E-state index contributed by atoms with van der Waals surface area (Å²) in [5.41, 5.74) is 5.33. The van der Waals surface area contributed by atoms with Crippen LogP contribution >= 0.6 is 12.4 Å². The Balaban J connectivity index is 0.000000150. The molecule has 9 saturated heterocycles. The topological polar surface area (TPSA) is 360 Å². The van der Waals surface area contributed by atoms with Crippen molar-refractivity contribution in [1.29, 1.82) is 0 Å². The Labute approximate surface area is 637 Å². The minimum Gasteiger partial charge on any atom is -0.481 e. The van der Waals surface area contributed by atoms with Gasteiger partial charge in [0.2, 0.25) is 47.3 Å². The van der Waals surface area contributed by atoms with Crippen molar-refractivity contribution in [2.45, 2.75) is 167 Å². The van der Waals surface area contributed by atoms with Crippen molar-refractivity contribution in [3.8, 4) is 0 Å². The molecule has 0 radical (unpaired) electrons. The quantitative estimate of drug-likeness (QED) is 0.109. The van der Waals surface area contributed by atoms with Gasteiger partial charge in [-0.05, 0) is 153 Å². The number of halogens is 1. The van der Waals surface area contributed by atoms with Gasteiger partial charge in [0.25, 0.3) is 0 Å². The first-order valence-corrected chi connectivity index (χ1v) is 37.4. The molecule has 0 saturated carbocycles. The number of anilines is 2. The first-order chi connectivity index (χ1) is 51.1. The summed E-state index contributed by atoms with van der Waals surface area (Å²) in [5.74, 6) is -2.45. The van der Waals surface area contributed by atoms with E-state index >= 15 is 0 Å². The second-order valence-corrected chi connectivity index (χ2v) is 32.7. The number of aliphatic carboxylic acids is 1. The fourth-order valence-electron chi connectivity index (χ4n) is 16.8. The number of carbonyl (C=O) groups excluding carboxylic acids is 10. The molecule has 12 heterocycles. The number of nitrogens with one attached hydrogen (secondary N) is 5. The van der Waals surface area contributed by atoms with Crippen LogP contribution in [0.4, 0.5) is 21.0 Å². The average molecular weight is 1530 g/mol. The molecular weight excluding hydrogens is 1430 g/mol. The maximum absolute atomic E-state index is 13.3. The van der Waals surface area contributed by atoms with Gasteiger partial charge in [-0.25, -0.2) is 19.2 Å². The number of imidazole rings is 2. The molecule has 32 heteroatoms. The number of para-hydroxylation sites is 3. The predicted molar refractivity (Wildman–Crippen MR) is 405 cm³/mol. The van der Waals surface area contributed by atoms with Crippen LogP contribution in [0.15, 0.2) is 76.6 Å². The highest BCUT2D eigenvalue weighted by molar-refractivity contribution is 6.04. The Kier molecular flexibility index (Phi) is 23.2. The number of carbonyl (C=O) groups is 11. The summed E-state index contributed by atoms with van der Waals surface area (Å²) in [6.45, 7) is 25.8. The number of nitrogens with zero attached hydrogens (tertiary/aromatic N) is 10. The van der Waals surface area contributed by atoms with Crippen LogP contribution < -0.4 is 47.8 Å². The zero-order valence-corrected chi connectivity index (χ0v) is 64.5. The molecule has 6 N–H and O–H groups in total. The molecule has 0 bridgehead atoms. The minimum absolute atomic E-state index is 0. The number of aryl methyl sites for hydroxylation is 2. The molecule has 5 aromatic rings. The van der Waals surface area contributed by atoms with Crippen molar-refractivity contribution < 1.29 is 67.3 Å². The van der Waals surface area contributed by atoms with E-state index in [0.717, 1.165) is 113 Å². The fourth-order valence-corrected chi connectivity index (χ4v) is 16.8. The van der Waals surface area contributed by atoms with Gasteiger partial charge in [0.15, 0.2) is 0 Å². The van der Waals surface area contributed by atoms with E-state index in [1.165, 1.54) is 18.3 Å². The summed E-state index contributed by atoms with van der Waals surface area (Å²) < 4.78 is 16.5. The van der Waals surface area contributed by atoms with Crippen molar-refractivity contribution in [2.24, 2.45) is 30.3 Å². The van der Waals surface area contributed by atoms with Crippen LogP contribution in [0.5, 0.6) is 0 Å². The Bertz CT molecular complexity index is 4570. The summed E-state index contributed by atoms with van der Waals surface area (Å²) in [7, 11) is 5.09. The maximum atomic E-state index is 13.3. The van der Waals surface area contributed by atoms with Crippen molar-refractivity contribution >= 4 is 111 Å². The highest BCUT2D eigenvalue weighted by Crippen LogP contribution is 2.47. The zero-order valence-electron chi connectivity index (χ0n) is 63.7. The number of imide groups is 3. The first-order valence-electron chi connectivity index (χ1n) is 37.4. The lowest BCUT2D eigenvalue weighted by atomic mass is 9.72. The number of ether oxygens (including phenoxy) is 2. The number of piperidine rings is 6. The number of hydrogen-bond acceptors (Lipinski definition) is 19. The lowest BCUT2D eigenvalue weighted by molar-refractivity contribution is -0.146. The van der Waals surface area contributed by atoms with Crippen molar-refractivity contribution in [2.75, 3.05) is 95.4 Å². The fraction of sp³-hybridized carbons (Fsp3) is 0.571. The SMILES string of the molecule is C=C1N(C)c2c(CC(=O)N3CC4(CCN(C(=O)OC(C)(C)C)CC4)C3)cccc2N1C1CCC(=O)NC1=O.CC(C)(C)OC(=O)N1CCC2(CC1)CNC2.Cl.Cn1c(=O)n(C2CCC(=O)NC2=O)c2cccc(CC(=O)N3CC4(CCNCC4)C3)c21.Cn1c(=O)n(C2CCC(=O)NC2=O)c2cccc(CC(=O)O)c21. The van der Waals surface area contributed by atoms with Gasteiger partial charge in [0.05, 0.1) is 52.7 Å². The van der Waals surface area contributed by atoms with Crippen molar-refractivity contribution in [3.05, 3.63) is 105 Å². The van der Waals surface area contributed by atoms with Gasteiger partial charge in [-0.2, -0.15) is 0 Å². The first kappa shape index (κ1) is 80.1. The van der Waals surface area contributed by atoms with E-state index in [1.807, 2.05) is 103 Å². The molecule has 3 atom stereocenters. The molecular formula is C77H102ClN15O16. The number of carboxylic acid groups (broad SMARTS) is 1. The molecule has 3 unspecified atom stereocenters. The molecule has 31 nitrogen and oxygen atoms in total. The number of carboxylic acids is 1. The highest BCUT2D eigenvalue weighted by atomic mass is 35.5. The normalized spacial score (nSPS) is 21.9. The van der Waals surface area contributed by atoms with Crippen LogP contribution in [0.3, 0.4) is 0 Å². The molecule has 3 spiro atoms. The van der Waals surface area contributed by atoms with Gasteiger partial charge < -0.3 is 54.6 Å². The maximum Gasteiger partial charge on any atom is 0.410 e. The van der Waals surface area contributed by atoms with Gasteiger partial charge in [-0.3, -0.25) is 77.4 Å². The van der Waals surface area contributed by atoms with E-state index in [2.05, 4.69) is 33.2 Å². The highest BCUT2D eigenvalue weighted by Gasteiger charge is 2.50. The summed E-state index contributed by atoms with van der Waals surface area (Å²) in [6, 6.07) is 14.2. The molecule has 109 heavy (non-hydrogen) atoms. The third-order valence-corrected chi connectivity index (χ3v) is 22.7. The molecule has 15 rings (SSSR count). The molecule has 0 aliphatic carbocycles. The number of likely N-dealkylation sites (tertiary alicyclic amines) is 4. The Morgan fingerprint density at radius 1 is 0.505 bits per heavy atom. The van der Waals surface area contributed by atoms with E-state index in [0.29, 0.717) is 71.5 Å².